The maximum absolute atomic E-state index is 13.6. The molecule has 4 heterocycles. The zero-order chi connectivity index (χ0) is 23.7. The minimum atomic E-state index is -0.380. The summed E-state index contributed by atoms with van der Waals surface area (Å²) >= 11 is 0. The van der Waals surface area contributed by atoms with Crippen molar-refractivity contribution >= 4 is 11.8 Å². The van der Waals surface area contributed by atoms with Crippen LogP contribution < -0.4 is 11.3 Å². The standard InChI is InChI=1S/C24H28N6O4/c25-21(31)16-27-8-10-29(11-9-27)23(32)19-14-28(13-18-7-4-12-34-18)15-20-22(19)26-30(24(20)33)17-5-2-1-3-6-17/h1-3,5-6,14-15,18H,4,7-13,16H2,(H2,25,31). The molecule has 2 fully saturated rings. The van der Waals surface area contributed by atoms with Crippen molar-refractivity contribution < 1.29 is 14.3 Å². The molecule has 0 aliphatic carbocycles. The number of pyridine rings is 1. The fourth-order valence-corrected chi connectivity index (χ4v) is 4.69. The van der Waals surface area contributed by atoms with Crippen LogP contribution in [0.25, 0.3) is 16.9 Å². The summed E-state index contributed by atoms with van der Waals surface area (Å²) in [6, 6.07) is 9.19. The lowest BCUT2D eigenvalue weighted by atomic mass is 10.1. The van der Waals surface area contributed by atoms with Gasteiger partial charge in [-0.3, -0.25) is 19.3 Å². The summed E-state index contributed by atoms with van der Waals surface area (Å²) in [4.78, 5) is 41.8. The Labute approximate surface area is 196 Å². The number of carbonyl (C=O) groups is 2. The number of rotatable bonds is 6. The number of nitrogens with zero attached hydrogens (tertiary/aromatic N) is 5. The molecule has 0 radical (unpaired) electrons. The van der Waals surface area contributed by atoms with Crippen molar-refractivity contribution in [3.8, 4) is 16.9 Å². The van der Waals surface area contributed by atoms with E-state index in [1.807, 2.05) is 39.8 Å². The third-order valence-corrected chi connectivity index (χ3v) is 6.43. The molecule has 1 aromatic rings. The molecule has 10 heteroatoms. The average molecular weight is 465 g/mol. The summed E-state index contributed by atoms with van der Waals surface area (Å²) in [5, 5.41) is 4.57. The van der Waals surface area contributed by atoms with E-state index >= 15 is 0 Å². The molecule has 5 rings (SSSR count). The van der Waals surface area contributed by atoms with E-state index in [0.717, 1.165) is 19.4 Å². The Bertz CT molecular complexity index is 1210. The first kappa shape index (κ1) is 22.3. The molecule has 1 atom stereocenters. The van der Waals surface area contributed by atoms with Crippen molar-refractivity contribution in [1.82, 2.24) is 24.1 Å². The first-order valence-corrected chi connectivity index (χ1v) is 11.6. The molecule has 4 aliphatic heterocycles. The highest BCUT2D eigenvalue weighted by Gasteiger charge is 2.30. The van der Waals surface area contributed by atoms with Crippen molar-refractivity contribution in [3.05, 3.63) is 58.6 Å². The Hall–Kier alpha value is -3.50. The number of hydrogen-bond donors (Lipinski definition) is 1. The molecule has 34 heavy (non-hydrogen) atoms. The van der Waals surface area contributed by atoms with Gasteiger partial charge < -0.3 is 19.9 Å². The summed E-state index contributed by atoms with van der Waals surface area (Å²) < 4.78 is 9.01. The number of nitrogens with two attached hydrogens (primary N) is 1. The van der Waals surface area contributed by atoms with Crippen LogP contribution in [-0.2, 0) is 16.1 Å². The fraction of sp³-hybridized carbons (Fsp3) is 0.417. The number of carbonyl (C=O) groups excluding carboxylic acids is 2. The lowest BCUT2D eigenvalue weighted by molar-refractivity contribution is -0.119. The Morgan fingerprint density at radius 3 is 2.53 bits per heavy atom. The van der Waals surface area contributed by atoms with E-state index in [0.29, 0.717) is 55.2 Å². The van der Waals surface area contributed by atoms with Crippen LogP contribution in [-0.4, -0.2) is 81.4 Å². The molecule has 0 spiro atoms. The van der Waals surface area contributed by atoms with E-state index in [2.05, 4.69) is 5.10 Å². The topological polar surface area (TPSA) is 116 Å². The second-order valence-corrected chi connectivity index (χ2v) is 8.85. The quantitative estimate of drug-likeness (QED) is 0.570. The average Bonchev–Trinajstić information content (AvgIpc) is 3.47. The van der Waals surface area contributed by atoms with Crippen molar-refractivity contribution in [2.75, 3.05) is 39.3 Å². The monoisotopic (exact) mass is 464 g/mol. The van der Waals surface area contributed by atoms with E-state index in [9.17, 15) is 14.4 Å². The highest BCUT2D eigenvalue weighted by molar-refractivity contribution is 6.00. The van der Waals surface area contributed by atoms with Gasteiger partial charge in [0.1, 0.15) is 5.69 Å². The van der Waals surface area contributed by atoms with Gasteiger partial charge in [-0.2, -0.15) is 9.78 Å². The molecule has 2 saturated heterocycles. The minimum Gasteiger partial charge on any atom is -0.376 e. The molecule has 0 bridgehead atoms. The zero-order valence-corrected chi connectivity index (χ0v) is 18.9. The molecule has 1 unspecified atom stereocenters. The Balaban J connectivity index is 1.50. The van der Waals surface area contributed by atoms with Crippen LogP contribution in [0.1, 0.15) is 23.2 Å². The second kappa shape index (κ2) is 9.40. The molecule has 10 nitrogen and oxygen atoms in total. The van der Waals surface area contributed by atoms with Crippen LogP contribution >= 0.6 is 0 Å². The lowest BCUT2D eigenvalue weighted by Crippen LogP contribution is -2.50. The minimum absolute atomic E-state index is 0.0574. The molecule has 4 aliphatic rings. The van der Waals surface area contributed by atoms with Gasteiger partial charge >= 0.3 is 0 Å². The van der Waals surface area contributed by atoms with Gasteiger partial charge in [0.2, 0.25) is 5.91 Å². The van der Waals surface area contributed by atoms with E-state index < -0.39 is 0 Å². The first-order chi connectivity index (χ1) is 16.5. The van der Waals surface area contributed by atoms with Gasteiger partial charge in [-0.15, -0.1) is 0 Å². The van der Waals surface area contributed by atoms with E-state index in [-0.39, 0.29) is 30.0 Å². The molecular formula is C24H28N6O4. The number of primary amides is 1. The van der Waals surface area contributed by atoms with Crippen LogP contribution in [0.3, 0.4) is 0 Å². The van der Waals surface area contributed by atoms with E-state index in [1.165, 1.54) is 4.68 Å². The third kappa shape index (κ3) is 4.46. The van der Waals surface area contributed by atoms with Crippen LogP contribution in [0.2, 0.25) is 0 Å². The molecule has 1 aromatic carbocycles. The number of fused-ring (bicyclic) bond motifs is 1. The van der Waals surface area contributed by atoms with Crippen LogP contribution in [0.5, 0.6) is 0 Å². The van der Waals surface area contributed by atoms with Gasteiger partial charge in [-0.1, -0.05) is 18.2 Å². The molecule has 2 amide bonds. The largest absolute Gasteiger partial charge is 0.376 e. The molecule has 178 valence electrons. The van der Waals surface area contributed by atoms with Crippen LogP contribution in [0, 0.1) is 0 Å². The normalized spacial score (nSPS) is 19.1. The van der Waals surface area contributed by atoms with Gasteiger partial charge in [0.15, 0.2) is 0 Å². The number of hydrogen-bond acceptors (Lipinski definition) is 6. The fourth-order valence-electron chi connectivity index (χ4n) is 4.69. The number of ether oxygens (including phenoxy) is 1. The second-order valence-electron chi connectivity index (χ2n) is 8.85. The maximum Gasteiger partial charge on any atom is 0.282 e. The highest BCUT2D eigenvalue weighted by atomic mass is 16.5. The summed E-state index contributed by atoms with van der Waals surface area (Å²) in [6.07, 6.45) is 5.57. The summed E-state index contributed by atoms with van der Waals surface area (Å²) in [5.41, 5.74) is 6.88. The summed E-state index contributed by atoms with van der Waals surface area (Å²) in [5.74, 6) is -0.558. The van der Waals surface area contributed by atoms with E-state index in [1.54, 1.807) is 17.3 Å². The SMILES string of the molecule is NC(=O)CN1CCN(C(=O)c2cn(CC3CCCO3)cc3c(=O)n(-c4ccccc4)nc2-3)CC1. The predicted molar refractivity (Wildman–Crippen MR) is 125 cm³/mol. The summed E-state index contributed by atoms with van der Waals surface area (Å²) in [7, 11) is 0. The Morgan fingerprint density at radius 1 is 1.09 bits per heavy atom. The number of piperazine rings is 1. The first-order valence-electron chi connectivity index (χ1n) is 11.6. The van der Waals surface area contributed by atoms with Crippen molar-refractivity contribution in [2.24, 2.45) is 5.73 Å². The van der Waals surface area contributed by atoms with Crippen molar-refractivity contribution in [2.45, 2.75) is 25.5 Å². The molecule has 0 aromatic heterocycles. The van der Waals surface area contributed by atoms with Gasteiger partial charge in [0.25, 0.3) is 11.5 Å². The van der Waals surface area contributed by atoms with Gasteiger partial charge in [-0.25, -0.2) is 0 Å². The van der Waals surface area contributed by atoms with Gasteiger partial charge in [0, 0.05) is 51.7 Å². The van der Waals surface area contributed by atoms with Crippen LogP contribution in [0.15, 0.2) is 47.5 Å². The number of benzene rings is 1. The van der Waals surface area contributed by atoms with Crippen molar-refractivity contribution in [3.63, 3.8) is 0 Å². The maximum atomic E-state index is 13.6. The smallest absolute Gasteiger partial charge is 0.282 e. The molecule has 0 saturated carbocycles. The number of para-hydroxylation sites is 1. The van der Waals surface area contributed by atoms with Gasteiger partial charge in [-0.05, 0) is 25.0 Å². The van der Waals surface area contributed by atoms with Crippen LogP contribution in [0.4, 0.5) is 0 Å². The predicted octanol–water partition coefficient (Wildman–Crippen LogP) is 0.561. The zero-order valence-electron chi connectivity index (χ0n) is 18.9. The number of aromatic nitrogens is 3. The third-order valence-electron chi connectivity index (χ3n) is 6.43. The Morgan fingerprint density at radius 2 is 1.85 bits per heavy atom. The lowest BCUT2D eigenvalue weighted by Gasteiger charge is -2.34. The van der Waals surface area contributed by atoms with E-state index in [4.69, 9.17) is 10.5 Å². The Kier molecular flexibility index (Phi) is 6.16. The number of amides is 2. The van der Waals surface area contributed by atoms with Crippen molar-refractivity contribution in [1.29, 1.82) is 0 Å². The molecular weight excluding hydrogens is 436 g/mol. The summed E-state index contributed by atoms with van der Waals surface area (Å²) in [6.45, 7) is 3.54. The highest BCUT2D eigenvalue weighted by Crippen LogP contribution is 2.25. The molecule has 2 N–H and O–H groups in total. The van der Waals surface area contributed by atoms with Gasteiger partial charge in [0.05, 0.1) is 29.5 Å².